The molecule has 6 amide bonds. The molecule has 35 nitrogen and oxygen atoms in total. The Morgan fingerprint density at radius 1 is 0.324 bits per heavy atom. The molecule has 9 heterocycles. The summed E-state index contributed by atoms with van der Waals surface area (Å²) in [5.74, 6) is 3.96. The van der Waals surface area contributed by atoms with Crippen molar-refractivity contribution in [3.8, 4) is 101 Å². The van der Waals surface area contributed by atoms with Gasteiger partial charge in [0.25, 0.3) is 5.91 Å². The summed E-state index contributed by atoms with van der Waals surface area (Å²) >= 11 is 0. The van der Waals surface area contributed by atoms with Gasteiger partial charge in [-0.05, 0) is 159 Å². The summed E-state index contributed by atoms with van der Waals surface area (Å²) in [6.07, 6.45) is 18.8. The molecule has 1 unspecified atom stereocenters. The molecule has 3 fully saturated rings. The lowest BCUT2D eigenvalue weighted by molar-refractivity contribution is -0.188. The second-order valence-corrected chi connectivity index (χ2v) is 37.0. The van der Waals surface area contributed by atoms with Gasteiger partial charge in [0.1, 0.15) is 47.0 Å². The predicted molar refractivity (Wildman–Crippen MR) is 544 cm³/mol. The van der Waals surface area contributed by atoms with Crippen molar-refractivity contribution in [1.29, 1.82) is 0 Å². The first kappa shape index (κ1) is 105. The van der Waals surface area contributed by atoms with Gasteiger partial charge in [-0.1, -0.05) is 201 Å². The molecule has 15 rings (SSSR count). The van der Waals surface area contributed by atoms with E-state index in [-0.39, 0.29) is 107 Å². The summed E-state index contributed by atoms with van der Waals surface area (Å²) in [5.41, 5.74) is 17.9. The maximum Gasteiger partial charge on any atom is 0.250 e. The first-order chi connectivity index (χ1) is 68.5. The van der Waals surface area contributed by atoms with E-state index in [4.69, 9.17) is 19.2 Å². The SMILES string of the molecule is COOC=N[C@@H](C)C(=O)N1CCC[C@H]1c1ncc(-c2ccc(-c3ccc(-c4cnc([C@@H](C)NC(=O)C(C)C)[nH]4)cc3)cc2)[nH]1.COOC=N[C@H](C(=O)N1CCC[C@H]1c1ncc(-c2ccc(-c3ccc(-c4cnc([C@@H](C)NC(=O)[C@@H](C)C(C)C)[nH]4)cc3)cc2)[nH]1)C(C)C.COOC=N[C@H](C(=O)N1CCC[C@H]1c1ncc(-c2ccc(-c3ccc(-c4cnc([C@@H](C)NC(=O)[C@@H](C)[C@@H](C)OC)[nH]4)cc3)cc2)[nH]1)C(C)OC. The molecule has 3 aliphatic rings. The van der Waals surface area contributed by atoms with E-state index in [1.54, 1.807) is 40.5 Å². The number of likely N-dealkylation sites (tertiary alicyclic amines) is 3. The topological polar surface area (TPSA) is 431 Å². The maximum atomic E-state index is 13.6. The van der Waals surface area contributed by atoms with Crippen LogP contribution in [0.3, 0.4) is 0 Å². The zero-order chi connectivity index (χ0) is 101. The van der Waals surface area contributed by atoms with Gasteiger partial charge in [0.05, 0.1) is 147 Å². The number of hydrogen-bond acceptors (Lipinski definition) is 23. The van der Waals surface area contributed by atoms with Crippen molar-refractivity contribution in [2.45, 2.75) is 202 Å². The Bertz CT molecular complexity index is 6200. The maximum absolute atomic E-state index is 13.6. The van der Waals surface area contributed by atoms with Crippen molar-refractivity contribution >= 4 is 54.6 Å². The van der Waals surface area contributed by atoms with Crippen molar-refractivity contribution < 1.29 is 67.6 Å². The van der Waals surface area contributed by atoms with Crippen LogP contribution in [0.15, 0.2) is 198 Å². The number of nitrogens with zero attached hydrogens (tertiary/aromatic N) is 12. The van der Waals surface area contributed by atoms with Crippen LogP contribution in [0.5, 0.6) is 0 Å². The van der Waals surface area contributed by atoms with E-state index in [0.29, 0.717) is 25.5 Å². The van der Waals surface area contributed by atoms with Crippen molar-refractivity contribution in [2.75, 3.05) is 55.2 Å². The molecule has 6 aromatic carbocycles. The van der Waals surface area contributed by atoms with Gasteiger partial charge in [0.2, 0.25) is 48.7 Å². The number of amides is 6. The van der Waals surface area contributed by atoms with E-state index in [2.05, 4.69) is 256 Å². The number of ether oxygens (including phenoxy) is 2. The molecule has 9 N–H and O–H groups in total. The highest BCUT2D eigenvalue weighted by molar-refractivity contribution is 5.87. The average Bonchev–Trinajstić information content (AvgIpc) is 1.65. The summed E-state index contributed by atoms with van der Waals surface area (Å²) in [6, 6.07) is 46.8. The molecule has 0 saturated carbocycles. The van der Waals surface area contributed by atoms with Crippen LogP contribution < -0.4 is 16.0 Å². The zero-order valence-electron chi connectivity index (χ0n) is 84.2. The lowest BCUT2D eigenvalue weighted by Gasteiger charge is -2.28. The molecule has 0 spiro atoms. The standard InChI is InChI=1S/C37H47N7O6.C37H47N7O4.C33H39N7O4/c1-22(24(3)47-5)36(45)41-23(2)34-38-19-30(42-34)28-14-10-26(11-15-28)27-12-16-29(17-13-27)31-20-39-35(43-31)32-9-8-18-44(32)37(46)33(25(4)48-6)40-21-50-49-7;1-22(2)24(5)36(45)41-25(6)34-38-19-30(42-34)28-14-10-26(11-15-28)27-12-16-29(17-13-27)31-20-39-35(43-31)32-9-8-18-44(32)37(46)33(23(3)4)40-21-48-47-7;1-20(2)32(41)37-21(3)30-34-17-27(38-30)25-12-8-23(9-13-25)24-10-14-26(15-11-24)28-18-35-31(39-28)29-7-6-16-40(29)33(42)22(4)36-19-44-43-5/h10-17,19-25,32-33H,8-9,18H2,1-7H3,(H,38,42)(H,39,43)(H,41,45);10-17,19-25,32-33H,8-9,18H2,1-7H3,(H,38,42)(H,39,43)(H,41,45);8-15,17-22,29H,6-7,16H2,1-5H3,(H,34,38)(H,35,39)(H,37,41)/t22-,23+,24+,25?,32-,33-;24-,25+,32-,33-;21-,22+,29+/m001/s1. The highest BCUT2D eigenvalue weighted by Crippen LogP contribution is 2.39. The third kappa shape index (κ3) is 26.2. The van der Waals surface area contributed by atoms with Crippen LogP contribution in [0, 0.1) is 29.6 Å². The number of carbonyl (C=O) groups is 6. The van der Waals surface area contributed by atoms with Gasteiger partial charge < -0.3 is 84.7 Å². The molecule has 13 atom stereocenters. The molecule has 0 radical (unpaired) electrons. The zero-order valence-corrected chi connectivity index (χ0v) is 84.2. The number of H-pyrrole nitrogens is 6. The third-order valence-corrected chi connectivity index (χ3v) is 26.5. The number of nitrogens with one attached hydrogen (secondary N) is 9. The highest BCUT2D eigenvalue weighted by Gasteiger charge is 2.41. The van der Waals surface area contributed by atoms with Gasteiger partial charge in [-0.15, -0.1) is 0 Å². The summed E-state index contributed by atoms with van der Waals surface area (Å²) in [4.78, 5) is 171. The number of aromatic nitrogens is 12. The Morgan fingerprint density at radius 2 is 0.592 bits per heavy atom. The quantitative estimate of drug-likeness (QED) is 0.00748. The van der Waals surface area contributed by atoms with E-state index < -0.39 is 24.2 Å². The molecule has 3 aliphatic heterocycles. The molecular formula is C107H133N21O14. The smallest absolute Gasteiger partial charge is 0.250 e. The van der Waals surface area contributed by atoms with E-state index in [1.165, 1.54) is 27.7 Å². The normalized spacial score (nSPS) is 17.0. The summed E-state index contributed by atoms with van der Waals surface area (Å²) < 4.78 is 10.7. The fraction of sp³-hybridized carbons (Fsp3) is 0.411. The number of carbonyl (C=O) groups excluding carboxylic acids is 6. The van der Waals surface area contributed by atoms with Gasteiger partial charge in [0, 0.05) is 45.7 Å². The van der Waals surface area contributed by atoms with Gasteiger partial charge >= 0.3 is 0 Å². The molecule has 750 valence electrons. The first-order valence-electron chi connectivity index (χ1n) is 48.4. The van der Waals surface area contributed by atoms with Crippen molar-refractivity contribution in [1.82, 2.24) is 90.5 Å². The Hall–Kier alpha value is -14.4. The molecule has 35 heteroatoms. The minimum Gasteiger partial charge on any atom is -0.381 e. The number of methoxy groups -OCH3 is 2. The molecule has 142 heavy (non-hydrogen) atoms. The van der Waals surface area contributed by atoms with Crippen molar-refractivity contribution in [2.24, 2.45) is 44.6 Å². The Balaban J connectivity index is 0.000000179. The minimum absolute atomic E-state index is 0.00248. The lowest BCUT2D eigenvalue weighted by atomic mass is 9.97. The number of aliphatic imine (C=N–C) groups is 3. The van der Waals surface area contributed by atoms with Gasteiger partial charge in [-0.3, -0.25) is 28.8 Å². The van der Waals surface area contributed by atoms with E-state index in [9.17, 15) is 28.8 Å². The Kier molecular flexibility index (Phi) is 36.7. The number of aromatic amines is 6. The van der Waals surface area contributed by atoms with E-state index >= 15 is 0 Å². The van der Waals surface area contributed by atoms with Crippen LogP contribution in [0.2, 0.25) is 0 Å². The van der Waals surface area contributed by atoms with Crippen molar-refractivity contribution in [3.05, 3.63) is 218 Å². The minimum atomic E-state index is -0.772. The molecule has 12 aromatic rings. The van der Waals surface area contributed by atoms with Gasteiger partial charge in [-0.25, -0.2) is 44.9 Å². The van der Waals surface area contributed by atoms with Crippen LogP contribution in [0.1, 0.15) is 207 Å². The van der Waals surface area contributed by atoms with Crippen molar-refractivity contribution in [3.63, 3.8) is 0 Å². The average molecular weight is 1940 g/mol. The molecule has 6 aromatic heterocycles. The molecular weight excluding hydrogens is 1800 g/mol. The van der Waals surface area contributed by atoms with Crippen LogP contribution in [0.4, 0.5) is 0 Å². The molecule has 3 saturated heterocycles. The summed E-state index contributed by atoms with van der Waals surface area (Å²) in [7, 11) is 7.30. The van der Waals surface area contributed by atoms with Crippen LogP contribution in [-0.4, -0.2) is 215 Å². The second-order valence-electron chi connectivity index (χ2n) is 37.0. The summed E-state index contributed by atoms with van der Waals surface area (Å²) in [5, 5.41) is 9.05. The van der Waals surface area contributed by atoms with Crippen LogP contribution >= 0.6 is 0 Å². The lowest BCUT2D eigenvalue weighted by Crippen LogP contribution is -2.43. The number of imidazole rings is 6. The monoisotopic (exact) mass is 1940 g/mol. The number of hydrogen-bond donors (Lipinski definition) is 9. The number of benzene rings is 6. The third-order valence-electron chi connectivity index (χ3n) is 26.5. The highest BCUT2D eigenvalue weighted by atomic mass is 17.2. The fourth-order valence-corrected chi connectivity index (χ4v) is 17.2. The number of rotatable bonds is 39. The molecule has 0 bridgehead atoms. The van der Waals surface area contributed by atoms with Gasteiger partial charge in [-0.2, -0.15) is 14.7 Å². The summed E-state index contributed by atoms with van der Waals surface area (Å²) in [6.45, 7) is 28.7. The van der Waals surface area contributed by atoms with Crippen LogP contribution in [0.25, 0.3) is 101 Å². The largest absolute Gasteiger partial charge is 0.381 e. The fourth-order valence-electron chi connectivity index (χ4n) is 17.2. The van der Waals surface area contributed by atoms with E-state index in [1.807, 2.05) is 123 Å². The van der Waals surface area contributed by atoms with Gasteiger partial charge in [0.15, 0.2) is 6.04 Å². The first-order valence-corrected chi connectivity index (χ1v) is 48.4. The van der Waals surface area contributed by atoms with E-state index in [0.717, 1.165) is 181 Å². The Morgan fingerprint density at radius 3 is 0.887 bits per heavy atom. The predicted octanol–water partition coefficient (Wildman–Crippen LogP) is 18.2. The Labute approximate surface area is 828 Å². The molecule has 0 aliphatic carbocycles. The van der Waals surface area contributed by atoms with Crippen LogP contribution in [-0.2, 0) is 67.6 Å². The second kappa shape index (κ2) is 49.6.